The van der Waals surface area contributed by atoms with Crippen LogP contribution in [0.25, 0.3) is 0 Å². The van der Waals surface area contributed by atoms with Crippen LogP contribution in [0, 0.1) is 0 Å². The number of hydrogen-bond acceptors (Lipinski definition) is 0. The highest BCUT2D eigenvalue weighted by Gasteiger charge is 2.39. The zero-order chi connectivity index (χ0) is 18.4. The van der Waals surface area contributed by atoms with E-state index in [9.17, 15) is 0 Å². The summed E-state index contributed by atoms with van der Waals surface area (Å²) in [7, 11) is 0. The maximum Gasteiger partial charge on any atom is 0.0698 e. The number of allylic oxidation sites excluding steroid dienone is 10. The first kappa shape index (κ1) is 17.5. The van der Waals surface area contributed by atoms with Gasteiger partial charge in [-0.2, -0.15) is 0 Å². The van der Waals surface area contributed by atoms with Crippen LogP contribution in [0.15, 0.2) is 120 Å². The number of benzene rings is 2. The molecule has 2 aromatic rings. The Morgan fingerprint density at radius 3 is 2.00 bits per heavy atom. The number of hydrogen-bond donors (Lipinski definition) is 0. The smallest absolute Gasteiger partial charge is 0.0698 e. The first-order valence-electron chi connectivity index (χ1n) is 9.94. The molecule has 2 aromatic carbocycles. The van der Waals surface area contributed by atoms with Crippen LogP contribution in [0.5, 0.6) is 0 Å². The fourth-order valence-corrected chi connectivity index (χ4v) is 4.26. The van der Waals surface area contributed by atoms with E-state index in [0.29, 0.717) is 0 Å². The van der Waals surface area contributed by atoms with Crippen molar-refractivity contribution in [1.29, 1.82) is 0 Å². The van der Waals surface area contributed by atoms with E-state index < -0.39 is 0 Å². The molecule has 2 aliphatic carbocycles. The van der Waals surface area contributed by atoms with Crippen molar-refractivity contribution in [3.63, 3.8) is 0 Å². The first-order valence-corrected chi connectivity index (χ1v) is 9.94. The van der Waals surface area contributed by atoms with Crippen molar-refractivity contribution in [3.8, 4) is 0 Å². The fourth-order valence-electron chi connectivity index (χ4n) is 4.26. The van der Waals surface area contributed by atoms with Gasteiger partial charge in [-0.3, -0.25) is 0 Å². The predicted octanol–water partition coefficient (Wildman–Crippen LogP) is 7.08. The molecule has 0 amide bonds. The lowest BCUT2D eigenvalue weighted by Gasteiger charge is -2.38. The third-order valence-corrected chi connectivity index (χ3v) is 5.50. The van der Waals surface area contributed by atoms with Crippen LogP contribution in [-0.2, 0) is 5.41 Å². The largest absolute Gasteiger partial charge is 0.0842 e. The van der Waals surface area contributed by atoms with Crippen LogP contribution < -0.4 is 0 Å². The first-order chi connectivity index (χ1) is 13.4. The molecule has 0 unspecified atom stereocenters. The van der Waals surface area contributed by atoms with Crippen molar-refractivity contribution >= 4 is 0 Å². The SMILES string of the molecule is C1=CCC=CC(C(C2=CCCCC=C2)(c2ccccc2)c2ccccc2)=C1. The van der Waals surface area contributed by atoms with Crippen molar-refractivity contribution in [2.24, 2.45) is 0 Å². The fraction of sp³-hybridized carbons (Fsp3) is 0.185. The normalized spacial score (nSPS) is 17.0. The highest BCUT2D eigenvalue weighted by atomic mass is 14.4. The van der Waals surface area contributed by atoms with Crippen LogP contribution in [-0.4, -0.2) is 0 Å². The van der Waals surface area contributed by atoms with E-state index in [1.807, 2.05) is 0 Å². The Bertz CT molecular complexity index is 866. The van der Waals surface area contributed by atoms with Gasteiger partial charge in [-0.1, -0.05) is 109 Å². The van der Waals surface area contributed by atoms with Gasteiger partial charge in [-0.05, 0) is 48.0 Å². The molecule has 0 nitrogen and oxygen atoms in total. The minimum Gasteiger partial charge on any atom is -0.0842 e. The second-order valence-electron chi connectivity index (χ2n) is 7.16. The molecule has 0 radical (unpaired) electrons. The Hall–Kier alpha value is -2.86. The van der Waals surface area contributed by atoms with Crippen molar-refractivity contribution < 1.29 is 0 Å². The molecule has 0 atom stereocenters. The van der Waals surface area contributed by atoms with E-state index in [2.05, 4.69) is 109 Å². The third-order valence-electron chi connectivity index (χ3n) is 5.50. The molecule has 134 valence electrons. The Balaban J connectivity index is 2.07. The zero-order valence-electron chi connectivity index (χ0n) is 15.7. The molecule has 2 aliphatic rings. The van der Waals surface area contributed by atoms with Crippen molar-refractivity contribution in [3.05, 3.63) is 132 Å². The minimum atomic E-state index is -0.297. The van der Waals surface area contributed by atoms with Crippen LogP contribution in [0.3, 0.4) is 0 Å². The van der Waals surface area contributed by atoms with Gasteiger partial charge in [0.25, 0.3) is 0 Å². The average Bonchev–Trinajstić information content (AvgIpc) is 3.17. The van der Waals surface area contributed by atoms with Gasteiger partial charge >= 0.3 is 0 Å². The molecular formula is C27H26. The van der Waals surface area contributed by atoms with Gasteiger partial charge in [-0.25, -0.2) is 0 Å². The second-order valence-corrected chi connectivity index (χ2v) is 7.16. The molecule has 0 N–H and O–H groups in total. The Morgan fingerprint density at radius 2 is 1.30 bits per heavy atom. The highest BCUT2D eigenvalue weighted by Crippen LogP contribution is 2.47. The van der Waals surface area contributed by atoms with Gasteiger partial charge in [0.2, 0.25) is 0 Å². The van der Waals surface area contributed by atoms with E-state index >= 15 is 0 Å². The van der Waals surface area contributed by atoms with E-state index in [1.54, 1.807) is 0 Å². The van der Waals surface area contributed by atoms with E-state index in [4.69, 9.17) is 0 Å². The topological polar surface area (TPSA) is 0 Å². The molecule has 0 saturated heterocycles. The molecule has 0 spiro atoms. The molecule has 4 rings (SSSR count). The predicted molar refractivity (Wildman–Crippen MR) is 116 cm³/mol. The van der Waals surface area contributed by atoms with E-state index in [1.165, 1.54) is 28.7 Å². The molecule has 0 saturated carbocycles. The van der Waals surface area contributed by atoms with Crippen molar-refractivity contribution in [2.75, 3.05) is 0 Å². The summed E-state index contributed by atoms with van der Waals surface area (Å²) in [6.45, 7) is 0. The Morgan fingerprint density at radius 1 is 0.630 bits per heavy atom. The summed E-state index contributed by atoms with van der Waals surface area (Å²) in [5.74, 6) is 0. The van der Waals surface area contributed by atoms with Gasteiger partial charge in [-0.15, -0.1) is 0 Å². The quantitative estimate of drug-likeness (QED) is 0.552. The van der Waals surface area contributed by atoms with Gasteiger partial charge in [0.1, 0.15) is 0 Å². The third kappa shape index (κ3) is 3.40. The summed E-state index contributed by atoms with van der Waals surface area (Å²) in [5.41, 5.74) is 5.05. The molecule has 0 bridgehead atoms. The van der Waals surface area contributed by atoms with Crippen LogP contribution in [0.1, 0.15) is 36.8 Å². The second kappa shape index (κ2) is 8.22. The lowest BCUT2D eigenvalue weighted by atomic mass is 9.63. The summed E-state index contributed by atoms with van der Waals surface area (Å²) >= 11 is 0. The molecule has 0 heteroatoms. The van der Waals surface area contributed by atoms with E-state index in [0.717, 1.165) is 19.3 Å². The van der Waals surface area contributed by atoms with Crippen molar-refractivity contribution in [1.82, 2.24) is 0 Å². The van der Waals surface area contributed by atoms with Crippen molar-refractivity contribution in [2.45, 2.75) is 31.1 Å². The molecule has 0 aromatic heterocycles. The van der Waals surface area contributed by atoms with Crippen LogP contribution in [0.2, 0.25) is 0 Å². The molecule has 0 fully saturated rings. The molecule has 0 aliphatic heterocycles. The highest BCUT2D eigenvalue weighted by molar-refractivity contribution is 5.63. The summed E-state index contributed by atoms with van der Waals surface area (Å²) < 4.78 is 0. The summed E-state index contributed by atoms with van der Waals surface area (Å²) in [5, 5.41) is 0. The van der Waals surface area contributed by atoms with Crippen LogP contribution >= 0.6 is 0 Å². The average molecular weight is 351 g/mol. The summed E-state index contributed by atoms with van der Waals surface area (Å²) in [6, 6.07) is 21.9. The monoisotopic (exact) mass is 350 g/mol. The summed E-state index contributed by atoms with van der Waals surface area (Å²) in [4.78, 5) is 0. The molecular weight excluding hydrogens is 324 g/mol. The maximum absolute atomic E-state index is 2.45. The standard InChI is InChI=1S/C27H26/c1-2-8-16-23(15-7-1)27(25-19-11-5-12-20-25,26-21-13-6-14-22-26)24-17-9-3-4-10-18-24/h1,5-9,11-22H,2-4,10H2. The molecule has 27 heavy (non-hydrogen) atoms. The Kier molecular flexibility index (Phi) is 5.34. The van der Waals surface area contributed by atoms with Gasteiger partial charge < -0.3 is 0 Å². The van der Waals surface area contributed by atoms with Crippen LogP contribution in [0.4, 0.5) is 0 Å². The maximum atomic E-state index is 2.45. The lowest BCUT2D eigenvalue weighted by Crippen LogP contribution is -2.31. The Labute approximate surface area is 163 Å². The lowest BCUT2D eigenvalue weighted by molar-refractivity contribution is 0.736. The zero-order valence-corrected chi connectivity index (χ0v) is 15.7. The van der Waals surface area contributed by atoms with Gasteiger partial charge in [0.05, 0.1) is 5.41 Å². The van der Waals surface area contributed by atoms with Gasteiger partial charge in [0.15, 0.2) is 0 Å². The molecule has 0 heterocycles. The number of rotatable bonds is 4. The summed E-state index contributed by atoms with van der Waals surface area (Å²) in [6.07, 6.45) is 22.9. The minimum absolute atomic E-state index is 0.297. The van der Waals surface area contributed by atoms with Gasteiger partial charge in [0, 0.05) is 0 Å². The van der Waals surface area contributed by atoms with E-state index in [-0.39, 0.29) is 5.41 Å².